The summed E-state index contributed by atoms with van der Waals surface area (Å²) in [5.74, 6) is 2.45. The molecule has 7 nitrogen and oxygen atoms in total. The van der Waals surface area contributed by atoms with E-state index < -0.39 is 0 Å². The third kappa shape index (κ3) is 4.58. The van der Waals surface area contributed by atoms with Crippen LogP contribution < -0.4 is 14.9 Å². The molecule has 1 fully saturated rings. The molecule has 1 aliphatic carbocycles. The lowest BCUT2D eigenvalue weighted by Crippen LogP contribution is -2.13. The van der Waals surface area contributed by atoms with Gasteiger partial charge in [-0.3, -0.25) is 5.43 Å². The van der Waals surface area contributed by atoms with Crippen LogP contribution in [0.3, 0.4) is 0 Å². The Morgan fingerprint density at radius 1 is 1.10 bits per heavy atom. The topological polar surface area (TPSA) is 81.4 Å². The first kappa shape index (κ1) is 21.4. The Balaban J connectivity index is 1.62. The number of anilines is 1. The fourth-order valence-corrected chi connectivity index (χ4v) is 4.06. The molecule has 31 heavy (non-hydrogen) atoms. The maximum atomic E-state index is 10.1. The van der Waals surface area contributed by atoms with Crippen LogP contribution in [0.15, 0.2) is 41.6 Å². The number of methoxy groups -OCH3 is 1. The first-order chi connectivity index (χ1) is 15.0. The minimum atomic E-state index is 0.177. The molecule has 4 rings (SSSR count). The number of thiol groups is 1. The van der Waals surface area contributed by atoms with E-state index in [-0.39, 0.29) is 17.8 Å². The molecule has 3 aromatic rings. The van der Waals surface area contributed by atoms with Crippen LogP contribution in [0.4, 0.5) is 5.69 Å². The minimum Gasteiger partial charge on any atom is -0.508 e. The maximum absolute atomic E-state index is 10.1. The molecule has 1 heterocycles. The van der Waals surface area contributed by atoms with E-state index in [0.29, 0.717) is 16.7 Å². The van der Waals surface area contributed by atoms with Crippen LogP contribution in [-0.2, 0) is 0 Å². The van der Waals surface area contributed by atoms with Crippen LogP contribution in [0, 0.1) is 0 Å². The summed E-state index contributed by atoms with van der Waals surface area (Å²) < 4.78 is 13.4. The molecule has 164 valence electrons. The molecule has 0 saturated heterocycles. The monoisotopic (exact) mass is 440 g/mol. The van der Waals surface area contributed by atoms with Crippen LogP contribution in [0.1, 0.15) is 51.0 Å². The number of benzene rings is 2. The Hall–Kier alpha value is -2.87. The predicted molar refractivity (Wildman–Crippen MR) is 123 cm³/mol. The van der Waals surface area contributed by atoms with Gasteiger partial charge in [0, 0.05) is 11.6 Å². The number of hydrogen-bond donors (Lipinski definition) is 3. The second-order valence-electron chi connectivity index (χ2n) is 8.09. The lowest BCUT2D eigenvalue weighted by Gasteiger charge is -2.18. The van der Waals surface area contributed by atoms with Gasteiger partial charge in [-0.25, -0.2) is 4.68 Å². The summed E-state index contributed by atoms with van der Waals surface area (Å²) >= 11 is 4.45. The second kappa shape index (κ2) is 9.09. The first-order valence-electron chi connectivity index (χ1n) is 10.6. The Labute approximate surface area is 187 Å². The van der Waals surface area contributed by atoms with Gasteiger partial charge in [-0.2, -0.15) is 0 Å². The van der Waals surface area contributed by atoms with Gasteiger partial charge in [-0.1, -0.05) is 13.8 Å². The van der Waals surface area contributed by atoms with Crippen molar-refractivity contribution in [2.24, 2.45) is 0 Å². The molecule has 1 aliphatic rings. The number of ether oxygens (including phenoxy) is 2. The van der Waals surface area contributed by atoms with Crippen LogP contribution in [0.25, 0.3) is 11.4 Å². The number of aromatic nitrogens is 3. The van der Waals surface area contributed by atoms with E-state index in [1.165, 1.54) is 12.8 Å². The summed E-state index contributed by atoms with van der Waals surface area (Å²) in [5.41, 5.74) is 5.76. The van der Waals surface area contributed by atoms with Crippen molar-refractivity contribution < 1.29 is 14.6 Å². The van der Waals surface area contributed by atoms with Crippen molar-refractivity contribution in [1.29, 1.82) is 0 Å². The van der Waals surface area contributed by atoms with Gasteiger partial charge in [0.1, 0.15) is 5.75 Å². The Morgan fingerprint density at radius 2 is 1.87 bits per heavy atom. The van der Waals surface area contributed by atoms with E-state index in [9.17, 15) is 5.11 Å². The van der Waals surface area contributed by atoms with Crippen molar-refractivity contribution in [2.75, 3.05) is 12.5 Å². The molecule has 1 aromatic heterocycles. The van der Waals surface area contributed by atoms with Crippen LogP contribution in [0.2, 0.25) is 0 Å². The smallest absolute Gasteiger partial charge is 0.207 e. The highest BCUT2D eigenvalue weighted by Crippen LogP contribution is 2.35. The number of rotatable bonds is 7. The number of phenolic OH excluding ortho intramolecular Hbond substituents is 1. The highest BCUT2D eigenvalue weighted by atomic mass is 32.1. The zero-order valence-electron chi connectivity index (χ0n) is 18.0. The fraction of sp³-hybridized carbons (Fsp3) is 0.391. The highest BCUT2D eigenvalue weighted by Gasteiger charge is 2.19. The molecule has 0 bridgehead atoms. The van der Waals surface area contributed by atoms with Crippen LogP contribution in [-0.4, -0.2) is 33.2 Å². The first-order valence-corrected chi connectivity index (χ1v) is 11.0. The molecule has 0 unspecified atom stereocenters. The SMILES string of the molecule is COc1cc(Nn2c(S)nnc2-c2ccc(O)c(C(C)C)c2)ccc1OC1CCCC1. The van der Waals surface area contributed by atoms with E-state index in [2.05, 4.69) is 28.3 Å². The van der Waals surface area contributed by atoms with Crippen molar-refractivity contribution in [3.63, 3.8) is 0 Å². The summed E-state index contributed by atoms with van der Waals surface area (Å²) in [6.45, 7) is 4.07. The Morgan fingerprint density at radius 3 is 2.58 bits per heavy atom. The van der Waals surface area contributed by atoms with Gasteiger partial charge >= 0.3 is 0 Å². The molecule has 8 heteroatoms. The van der Waals surface area contributed by atoms with E-state index in [1.54, 1.807) is 17.9 Å². The minimum absolute atomic E-state index is 0.177. The average molecular weight is 441 g/mol. The van der Waals surface area contributed by atoms with Crippen molar-refractivity contribution in [1.82, 2.24) is 14.9 Å². The lowest BCUT2D eigenvalue weighted by molar-refractivity contribution is 0.201. The van der Waals surface area contributed by atoms with Gasteiger partial charge in [0.25, 0.3) is 0 Å². The Kier molecular flexibility index (Phi) is 6.27. The zero-order chi connectivity index (χ0) is 22.0. The third-order valence-electron chi connectivity index (χ3n) is 5.55. The van der Waals surface area contributed by atoms with Crippen molar-refractivity contribution in [2.45, 2.75) is 56.7 Å². The highest BCUT2D eigenvalue weighted by molar-refractivity contribution is 7.80. The van der Waals surface area contributed by atoms with Gasteiger partial charge in [0.2, 0.25) is 5.16 Å². The molecule has 0 spiro atoms. The van der Waals surface area contributed by atoms with Gasteiger partial charge in [-0.05, 0) is 67.5 Å². The van der Waals surface area contributed by atoms with Gasteiger partial charge in [0.05, 0.1) is 18.9 Å². The van der Waals surface area contributed by atoms with Crippen molar-refractivity contribution in [3.05, 3.63) is 42.0 Å². The number of hydrogen-bond acceptors (Lipinski definition) is 7. The van der Waals surface area contributed by atoms with E-state index in [0.717, 1.165) is 35.4 Å². The number of aromatic hydroxyl groups is 1. The molecular weight excluding hydrogens is 412 g/mol. The van der Waals surface area contributed by atoms with Gasteiger partial charge in [0.15, 0.2) is 17.3 Å². The maximum Gasteiger partial charge on any atom is 0.207 e. The Bertz CT molecular complexity index is 1060. The zero-order valence-corrected chi connectivity index (χ0v) is 18.9. The fourth-order valence-electron chi connectivity index (χ4n) is 3.87. The second-order valence-corrected chi connectivity index (χ2v) is 8.49. The summed E-state index contributed by atoms with van der Waals surface area (Å²) in [5, 5.41) is 19.0. The number of nitrogens with zero attached hydrogens (tertiary/aromatic N) is 3. The lowest BCUT2D eigenvalue weighted by atomic mass is 9.99. The predicted octanol–water partition coefficient (Wildman–Crippen LogP) is 5.27. The number of phenols is 1. The molecule has 2 N–H and O–H groups in total. The third-order valence-corrected chi connectivity index (χ3v) is 5.84. The van der Waals surface area contributed by atoms with Crippen molar-refractivity contribution >= 4 is 18.3 Å². The van der Waals surface area contributed by atoms with Crippen molar-refractivity contribution in [3.8, 4) is 28.6 Å². The summed E-state index contributed by atoms with van der Waals surface area (Å²) in [6, 6.07) is 11.2. The molecule has 0 radical (unpaired) electrons. The molecular formula is C23H28N4O3S. The molecule has 0 amide bonds. The average Bonchev–Trinajstić information content (AvgIpc) is 3.39. The van der Waals surface area contributed by atoms with Gasteiger partial charge < -0.3 is 14.6 Å². The van der Waals surface area contributed by atoms with Gasteiger partial charge in [-0.15, -0.1) is 22.8 Å². The summed E-state index contributed by atoms with van der Waals surface area (Å²) in [6.07, 6.45) is 4.85. The van der Waals surface area contributed by atoms with E-state index in [1.807, 2.05) is 44.2 Å². The normalized spacial score (nSPS) is 14.2. The quantitative estimate of drug-likeness (QED) is 0.434. The molecule has 0 atom stereocenters. The standard InChI is InChI=1S/C23H28N4O3S/c1-14(2)18-12-15(8-10-19(18)28)22-24-25-23(31)27(22)26-16-9-11-20(21(13-16)29-3)30-17-6-4-5-7-17/h8-14,17,26,28H,4-7H2,1-3H3,(H,25,31). The molecule has 0 aliphatic heterocycles. The molecule has 1 saturated carbocycles. The van der Waals surface area contributed by atoms with Crippen LogP contribution >= 0.6 is 12.6 Å². The summed E-state index contributed by atoms with van der Waals surface area (Å²) in [7, 11) is 1.64. The van der Waals surface area contributed by atoms with E-state index in [4.69, 9.17) is 9.47 Å². The number of nitrogens with one attached hydrogen (secondary N) is 1. The largest absolute Gasteiger partial charge is 0.508 e. The molecule has 2 aromatic carbocycles. The van der Waals surface area contributed by atoms with E-state index >= 15 is 0 Å². The summed E-state index contributed by atoms with van der Waals surface area (Å²) in [4.78, 5) is 0. The van der Waals surface area contributed by atoms with Crippen LogP contribution in [0.5, 0.6) is 17.2 Å².